The molecule has 5 heteroatoms. The highest BCUT2D eigenvalue weighted by Gasteiger charge is 2.15. The number of aromatic nitrogens is 3. The summed E-state index contributed by atoms with van der Waals surface area (Å²) in [6.07, 6.45) is 4.20. The van der Waals surface area contributed by atoms with Gasteiger partial charge < -0.3 is 14.7 Å². The molecule has 3 rings (SSSR count). The third-order valence-electron chi connectivity index (χ3n) is 4.86. The van der Waals surface area contributed by atoms with Crippen LogP contribution in [0.1, 0.15) is 52.2 Å². The predicted octanol–water partition coefficient (Wildman–Crippen LogP) is 5.29. The van der Waals surface area contributed by atoms with Crippen molar-refractivity contribution in [3.05, 3.63) is 54.1 Å². The van der Waals surface area contributed by atoms with Gasteiger partial charge in [0.25, 0.3) is 0 Å². The number of fused-ring (bicyclic) bond motifs is 1. The summed E-state index contributed by atoms with van der Waals surface area (Å²) in [7, 11) is 1.95. The van der Waals surface area contributed by atoms with Crippen molar-refractivity contribution < 1.29 is 4.79 Å². The number of hydrogen-bond donors (Lipinski definition) is 1. The zero-order valence-electron chi connectivity index (χ0n) is 18.4. The zero-order valence-corrected chi connectivity index (χ0v) is 18.4. The maximum Gasteiger partial charge on any atom is 0.133 e. The Balaban J connectivity index is 0.000000218. The summed E-state index contributed by atoms with van der Waals surface area (Å²) in [5, 5.41) is 14.2. The van der Waals surface area contributed by atoms with Crippen molar-refractivity contribution in [2.45, 2.75) is 59.9 Å². The van der Waals surface area contributed by atoms with Gasteiger partial charge in [-0.1, -0.05) is 57.2 Å². The Morgan fingerprint density at radius 2 is 1.66 bits per heavy atom. The molecule has 0 bridgehead atoms. The van der Waals surface area contributed by atoms with Gasteiger partial charge >= 0.3 is 0 Å². The van der Waals surface area contributed by atoms with E-state index < -0.39 is 0 Å². The van der Waals surface area contributed by atoms with Crippen molar-refractivity contribution in [1.29, 1.82) is 0 Å². The average Bonchev–Trinajstić information content (AvgIpc) is 3.12. The quantitative estimate of drug-likeness (QED) is 0.553. The molecule has 0 unspecified atom stereocenters. The molecule has 3 aromatic rings. The van der Waals surface area contributed by atoms with Gasteiger partial charge in [-0.25, -0.2) is 0 Å². The van der Waals surface area contributed by atoms with Crippen LogP contribution in [-0.2, 0) is 24.2 Å². The molecule has 0 saturated carbocycles. The first-order chi connectivity index (χ1) is 13.9. The van der Waals surface area contributed by atoms with Crippen molar-refractivity contribution in [3.8, 4) is 0 Å². The Labute approximate surface area is 174 Å². The van der Waals surface area contributed by atoms with Crippen LogP contribution in [0.2, 0.25) is 0 Å². The molecule has 0 fully saturated rings. The molecule has 0 saturated heterocycles. The molecule has 1 N–H and O–H groups in total. The summed E-state index contributed by atoms with van der Waals surface area (Å²) in [5.41, 5.74) is 1.50. The molecule has 0 aliphatic rings. The third-order valence-corrected chi connectivity index (χ3v) is 4.86. The molecule has 29 heavy (non-hydrogen) atoms. The van der Waals surface area contributed by atoms with E-state index in [1.807, 2.05) is 7.05 Å². The summed E-state index contributed by atoms with van der Waals surface area (Å²) in [6, 6.07) is 14.6. The van der Waals surface area contributed by atoms with E-state index in [1.54, 1.807) is 0 Å². The second kappa shape index (κ2) is 10.7. The highest BCUT2D eigenvalue weighted by Crippen LogP contribution is 2.22. The molecule has 156 valence electrons. The molecule has 0 amide bonds. The number of aryl methyl sites for hydroxylation is 2. The number of nitrogens with zero attached hydrogens (tertiary/aromatic N) is 3. The fourth-order valence-corrected chi connectivity index (χ4v) is 3.23. The van der Waals surface area contributed by atoms with Gasteiger partial charge in [0.1, 0.15) is 17.9 Å². The molecule has 0 radical (unpaired) electrons. The van der Waals surface area contributed by atoms with Gasteiger partial charge in [0.15, 0.2) is 0 Å². The van der Waals surface area contributed by atoms with Gasteiger partial charge in [-0.2, -0.15) is 0 Å². The van der Waals surface area contributed by atoms with Gasteiger partial charge in [0.05, 0.1) is 0 Å². The topological polar surface area (TPSA) is 59.8 Å². The lowest BCUT2D eigenvalue weighted by Gasteiger charge is -2.17. The molecule has 0 aliphatic heterocycles. The second-order valence-corrected chi connectivity index (χ2v) is 8.32. The SMILES string of the molecule is CCn1c(CCC=O)nnc1CCC(C)(C)C.CNc1cccc2ccccc12. The Hall–Kier alpha value is -2.69. The number of hydrogen-bond acceptors (Lipinski definition) is 4. The fourth-order valence-electron chi connectivity index (χ4n) is 3.23. The van der Waals surface area contributed by atoms with Crippen LogP contribution in [0.4, 0.5) is 5.69 Å². The van der Waals surface area contributed by atoms with Crippen molar-refractivity contribution in [1.82, 2.24) is 14.8 Å². The van der Waals surface area contributed by atoms with Crippen LogP contribution in [0, 0.1) is 5.41 Å². The number of nitrogens with one attached hydrogen (secondary N) is 1. The minimum Gasteiger partial charge on any atom is -0.388 e. The molecule has 2 aromatic carbocycles. The molecular weight excluding hydrogens is 360 g/mol. The molecule has 0 atom stereocenters. The molecule has 1 aromatic heterocycles. The second-order valence-electron chi connectivity index (χ2n) is 8.32. The largest absolute Gasteiger partial charge is 0.388 e. The lowest BCUT2D eigenvalue weighted by Crippen LogP contribution is -2.11. The first kappa shape index (κ1) is 22.6. The first-order valence-corrected chi connectivity index (χ1v) is 10.4. The lowest BCUT2D eigenvalue weighted by atomic mass is 9.90. The van der Waals surface area contributed by atoms with Crippen LogP contribution in [0.25, 0.3) is 10.8 Å². The number of carbonyl (C=O) groups is 1. The van der Waals surface area contributed by atoms with Gasteiger partial charge in [-0.3, -0.25) is 0 Å². The summed E-state index contributed by atoms with van der Waals surface area (Å²) >= 11 is 0. The molecular formula is C24H34N4O. The van der Waals surface area contributed by atoms with E-state index in [1.165, 1.54) is 16.5 Å². The van der Waals surface area contributed by atoms with E-state index in [9.17, 15) is 4.79 Å². The first-order valence-electron chi connectivity index (χ1n) is 10.4. The lowest BCUT2D eigenvalue weighted by molar-refractivity contribution is -0.107. The van der Waals surface area contributed by atoms with E-state index in [0.29, 0.717) is 18.3 Å². The van der Waals surface area contributed by atoms with Gasteiger partial charge in [0.2, 0.25) is 0 Å². The van der Waals surface area contributed by atoms with Crippen LogP contribution in [0.15, 0.2) is 42.5 Å². The van der Waals surface area contributed by atoms with Gasteiger partial charge in [0, 0.05) is 43.9 Å². The van der Waals surface area contributed by atoms with Crippen molar-refractivity contribution in [2.24, 2.45) is 5.41 Å². The Kier molecular flexibility index (Phi) is 8.37. The van der Waals surface area contributed by atoms with Crippen LogP contribution in [-0.4, -0.2) is 28.1 Å². The Bertz CT molecular complexity index is 903. The minimum atomic E-state index is 0.313. The van der Waals surface area contributed by atoms with Crippen LogP contribution in [0.5, 0.6) is 0 Å². The minimum absolute atomic E-state index is 0.313. The van der Waals surface area contributed by atoms with Crippen LogP contribution < -0.4 is 5.32 Å². The number of aldehydes is 1. The predicted molar refractivity (Wildman–Crippen MR) is 121 cm³/mol. The Morgan fingerprint density at radius 3 is 2.28 bits per heavy atom. The summed E-state index contributed by atoms with van der Waals surface area (Å²) < 4.78 is 2.13. The van der Waals surface area contributed by atoms with Gasteiger partial charge in [-0.05, 0) is 30.2 Å². The maximum absolute atomic E-state index is 10.4. The molecule has 0 spiro atoms. The number of rotatable bonds is 7. The molecule has 1 heterocycles. The smallest absolute Gasteiger partial charge is 0.133 e. The van der Waals surface area contributed by atoms with Crippen LogP contribution in [0.3, 0.4) is 0 Å². The highest BCUT2D eigenvalue weighted by molar-refractivity contribution is 5.93. The number of carbonyl (C=O) groups excluding carboxylic acids is 1. The molecule has 5 nitrogen and oxygen atoms in total. The monoisotopic (exact) mass is 394 g/mol. The summed E-state index contributed by atoms with van der Waals surface area (Å²) in [5.74, 6) is 1.98. The zero-order chi connectivity index (χ0) is 21.3. The third kappa shape index (κ3) is 6.70. The summed E-state index contributed by atoms with van der Waals surface area (Å²) in [6.45, 7) is 9.65. The highest BCUT2D eigenvalue weighted by atomic mass is 16.1. The van der Waals surface area contributed by atoms with E-state index >= 15 is 0 Å². The van der Waals surface area contributed by atoms with Crippen molar-refractivity contribution >= 4 is 22.7 Å². The maximum atomic E-state index is 10.4. The average molecular weight is 395 g/mol. The number of benzene rings is 2. The van der Waals surface area contributed by atoms with Crippen molar-refractivity contribution in [3.63, 3.8) is 0 Å². The molecule has 0 aliphatic carbocycles. The van der Waals surface area contributed by atoms with E-state index in [4.69, 9.17) is 0 Å². The standard InChI is InChI=1S/C13H23N3O.C11H11N/c1-5-16-11(7-6-10-17)14-15-12(16)8-9-13(2,3)4;1-12-11-8-4-6-9-5-2-3-7-10(9)11/h10H,5-9H2,1-4H3;2-8,12H,1H3. The van der Waals surface area contributed by atoms with Gasteiger partial charge in [-0.15, -0.1) is 10.2 Å². The van der Waals surface area contributed by atoms with E-state index in [0.717, 1.165) is 37.3 Å². The normalized spacial score (nSPS) is 11.1. The van der Waals surface area contributed by atoms with Crippen molar-refractivity contribution in [2.75, 3.05) is 12.4 Å². The number of anilines is 1. The van der Waals surface area contributed by atoms with E-state index in [2.05, 4.69) is 90.2 Å². The summed E-state index contributed by atoms with van der Waals surface area (Å²) in [4.78, 5) is 10.4. The Morgan fingerprint density at radius 1 is 1.00 bits per heavy atom. The van der Waals surface area contributed by atoms with E-state index in [-0.39, 0.29) is 0 Å². The van der Waals surface area contributed by atoms with Crippen LogP contribution >= 0.6 is 0 Å². The fraction of sp³-hybridized carbons (Fsp3) is 0.458.